The molecule has 0 unspecified atom stereocenters. The zero-order chi connectivity index (χ0) is 20.2. The van der Waals surface area contributed by atoms with Crippen LogP contribution >= 0.6 is 24.0 Å². The Hall–Kier alpha value is -2.90. The monoisotopic (exact) mass is 425 g/mol. The summed E-state index contributed by atoms with van der Waals surface area (Å²) >= 11 is 6.60. The van der Waals surface area contributed by atoms with Crippen molar-refractivity contribution in [3.05, 3.63) is 94.5 Å². The Morgan fingerprint density at radius 2 is 1.90 bits per heavy atom. The molecule has 1 aliphatic heterocycles. The lowest BCUT2D eigenvalue weighted by Gasteiger charge is -2.12. The quantitative estimate of drug-likeness (QED) is 0.391. The molecule has 146 valence electrons. The number of ether oxygens (including phenoxy) is 1. The van der Waals surface area contributed by atoms with Crippen molar-refractivity contribution >= 4 is 40.3 Å². The molecule has 7 heteroatoms. The molecule has 0 aliphatic carbocycles. The van der Waals surface area contributed by atoms with Gasteiger partial charge in [-0.15, -0.1) is 0 Å². The highest BCUT2D eigenvalue weighted by Crippen LogP contribution is 2.33. The van der Waals surface area contributed by atoms with Crippen LogP contribution in [0.4, 0.5) is 4.39 Å². The zero-order valence-electron chi connectivity index (χ0n) is 15.2. The first-order chi connectivity index (χ1) is 14.1. The van der Waals surface area contributed by atoms with Crippen LogP contribution in [0.25, 0.3) is 6.08 Å². The molecule has 29 heavy (non-hydrogen) atoms. The maximum absolute atomic E-state index is 13.7. The number of hydrogen-bond acceptors (Lipinski definition) is 5. The van der Waals surface area contributed by atoms with Crippen molar-refractivity contribution < 1.29 is 18.3 Å². The number of carbonyl (C=O) groups excluding carboxylic acids is 1. The lowest BCUT2D eigenvalue weighted by molar-refractivity contribution is -0.122. The number of furan rings is 1. The lowest BCUT2D eigenvalue weighted by Crippen LogP contribution is -2.27. The second-order valence-electron chi connectivity index (χ2n) is 6.30. The molecule has 2 heterocycles. The van der Waals surface area contributed by atoms with Gasteiger partial charge in [0.25, 0.3) is 5.91 Å². The van der Waals surface area contributed by atoms with Gasteiger partial charge in [0.2, 0.25) is 0 Å². The highest BCUT2D eigenvalue weighted by molar-refractivity contribution is 8.26. The Morgan fingerprint density at radius 3 is 2.62 bits per heavy atom. The number of nitrogens with zero attached hydrogens (tertiary/aromatic N) is 1. The zero-order valence-corrected chi connectivity index (χ0v) is 16.8. The van der Waals surface area contributed by atoms with E-state index in [4.69, 9.17) is 21.4 Å². The van der Waals surface area contributed by atoms with Crippen molar-refractivity contribution in [1.82, 2.24) is 4.90 Å². The van der Waals surface area contributed by atoms with E-state index in [1.165, 1.54) is 22.7 Å². The SMILES string of the molecule is O=C1C(=Cc2ccc(OCc3ccccc3F)cc2)SC(=S)N1Cc1ccco1. The number of carbonyl (C=O) groups is 1. The van der Waals surface area contributed by atoms with Crippen molar-refractivity contribution in [2.75, 3.05) is 0 Å². The maximum Gasteiger partial charge on any atom is 0.266 e. The molecule has 4 rings (SSSR count). The highest BCUT2D eigenvalue weighted by Gasteiger charge is 2.32. The molecule has 0 radical (unpaired) electrons. The minimum absolute atomic E-state index is 0.142. The number of halogens is 1. The van der Waals surface area contributed by atoms with Crippen LogP contribution in [-0.2, 0) is 17.9 Å². The summed E-state index contributed by atoms with van der Waals surface area (Å²) in [6, 6.07) is 17.4. The van der Waals surface area contributed by atoms with Crippen LogP contribution in [0.1, 0.15) is 16.9 Å². The van der Waals surface area contributed by atoms with E-state index in [9.17, 15) is 9.18 Å². The number of amides is 1. The summed E-state index contributed by atoms with van der Waals surface area (Å²) in [5, 5.41) is 0. The van der Waals surface area contributed by atoms with Gasteiger partial charge in [-0.1, -0.05) is 54.3 Å². The molecule has 0 saturated carbocycles. The third kappa shape index (κ3) is 4.58. The third-order valence-corrected chi connectivity index (χ3v) is 5.68. The second kappa shape index (κ2) is 8.63. The molecular formula is C22H16FNO3S2. The van der Waals surface area contributed by atoms with Crippen LogP contribution < -0.4 is 4.74 Å². The molecule has 1 fully saturated rings. The van der Waals surface area contributed by atoms with Gasteiger partial charge in [0.05, 0.1) is 17.7 Å². The van der Waals surface area contributed by atoms with E-state index in [2.05, 4.69) is 0 Å². The average Bonchev–Trinajstić information content (AvgIpc) is 3.33. The Balaban J connectivity index is 1.41. The van der Waals surface area contributed by atoms with Gasteiger partial charge in [0.1, 0.15) is 28.3 Å². The normalized spacial score (nSPS) is 15.3. The maximum atomic E-state index is 13.7. The van der Waals surface area contributed by atoms with Gasteiger partial charge in [0.15, 0.2) is 0 Å². The molecule has 0 atom stereocenters. The van der Waals surface area contributed by atoms with Crippen molar-refractivity contribution in [3.8, 4) is 5.75 Å². The standard InChI is InChI=1S/C22H16FNO3S2/c23-19-6-2-1-4-16(19)14-27-17-9-7-15(8-10-17)12-20-21(25)24(22(28)29-20)13-18-5-3-11-26-18/h1-12H,13-14H2. The smallest absolute Gasteiger partial charge is 0.266 e. The summed E-state index contributed by atoms with van der Waals surface area (Å²) in [6.07, 6.45) is 3.36. The molecule has 2 aromatic carbocycles. The van der Waals surface area contributed by atoms with Crippen LogP contribution in [0.2, 0.25) is 0 Å². The van der Waals surface area contributed by atoms with Crippen molar-refractivity contribution in [2.45, 2.75) is 13.2 Å². The molecule has 3 aromatic rings. The van der Waals surface area contributed by atoms with E-state index in [0.717, 1.165) is 5.56 Å². The first kappa shape index (κ1) is 19.4. The summed E-state index contributed by atoms with van der Waals surface area (Å²) in [4.78, 5) is 14.7. The summed E-state index contributed by atoms with van der Waals surface area (Å²) < 4.78 is 25.1. The van der Waals surface area contributed by atoms with E-state index in [-0.39, 0.29) is 18.3 Å². The second-order valence-corrected chi connectivity index (χ2v) is 7.97. The van der Waals surface area contributed by atoms with Crippen LogP contribution in [0.3, 0.4) is 0 Å². The Morgan fingerprint density at radius 1 is 1.10 bits per heavy atom. The van der Waals surface area contributed by atoms with Crippen molar-refractivity contribution in [1.29, 1.82) is 0 Å². The summed E-state index contributed by atoms with van der Waals surface area (Å²) in [5.74, 6) is 0.867. The number of hydrogen-bond donors (Lipinski definition) is 0. The van der Waals surface area contributed by atoms with Gasteiger partial charge in [-0.05, 0) is 42.0 Å². The minimum Gasteiger partial charge on any atom is -0.489 e. The van der Waals surface area contributed by atoms with Gasteiger partial charge in [0, 0.05) is 5.56 Å². The van der Waals surface area contributed by atoms with Crippen molar-refractivity contribution in [3.63, 3.8) is 0 Å². The Kier molecular flexibility index (Phi) is 5.78. The van der Waals surface area contributed by atoms with Crippen LogP contribution in [0.15, 0.2) is 76.2 Å². The molecule has 0 bridgehead atoms. The molecule has 1 aliphatic rings. The van der Waals surface area contributed by atoms with Crippen LogP contribution in [-0.4, -0.2) is 15.1 Å². The number of thiocarbonyl (C=S) groups is 1. The average molecular weight is 426 g/mol. The predicted molar refractivity (Wildman–Crippen MR) is 115 cm³/mol. The van der Waals surface area contributed by atoms with Crippen LogP contribution in [0, 0.1) is 5.82 Å². The molecule has 0 N–H and O–H groups in total. The molecular weight excluding hydrogens is 409 g/mol. The Labute approximate surface area is 177 Å². The topological polar surface area (TPSA) is 42.7 Å². The minimum atomic E-state index is -0.291. The van der Waals surface area contributed by atoms with Gasteiger partial charge >= 0.3 is 0 Å². The molecule has 0 spiro atoms. The molecule has 1 amide bonds. The fraction of sp³-hybridized carbons (Fsp3) is 0.0909. The van der Waals surface area contributed by atoms with Gasteiger partial charge in [-0.25, -0.2) is 4.39 Å². The van der Waals surface area contributed by atoms with Gasteiger partial charge in [-0.2, -0.15) is 0 Å². The Bertz CT molecular complexity index is 1060. The predicted octanol–water partition coefficient (Wildman–Crippen LogP) is 5.40. The summed E-state index contributed by atoms with van der Waals surface area (Å²) in [7, 11) is 0. The van der Waals surface area contributed by atoms with Gasteiger partial charge in [-0.3, -0.25) is 9.69 Å². The molecule has 4 nitrogen and oxygen atoms in total. The number of rotatable bonds is 6. The van der Waals surface area contributed by atoms with E-state index < -0.39 is 0 Å². The number of benzene rings is 2. The lowest BCUT2D eigenvalue weighted by atomic mass is 10.2. The molecule has 1 aromatic heterocycles. The third-order valence-electron chi connectivity index (χ3n) is 4.30. The molecule has 1 saturated heterocycles. The largest absolute Gasteiger partial charge is 0.489 e. The van der Waals surface area contributed by atoms with E-state index in [1.807, 2.05) is 18.2 Å². The fourth-order valence-corrected chi connectivity index (χ4v) is 4.04. The van der Waals surface area contributed by atoms with E-state index >= 15 is 0 Å². The van der Waals surface area contributed by atoms with Crippen molar-refractivity contribution in [2.24, 2.45) is 0 Å². The van der Waals surface area contributed by atoms with E-state index in [1.54, 1.807) is 48.7 Å². The van der Waals surface area contributed by atoms with E-state index in [0.29, 0.717) is 32.8 Å². The van der Waals surface area contributed by atoms with Crippen LogP contribution in [0.5, 0.6) is 5.75 Å². The summed E-state index contributed by atoms with van der Waals surface area (Å²) in [5.41, 5.74) is 1.35. The summed E-state index contributed by atoms with van der Waals surface area (Å²) in [6.45, 7) is 0.468. The number of thioether (sulfide) groups is 1. The van der Waals surface area contributed by atoms with Gasteiger partial charge < -0.3 is 9.15 Å². The highest BCUT2D eigenvalue weighted by atomic mass is 32.2. The first-order valence-corrected chi connectivity index (χ1v) is 10.1. The first-order valence-electron chi connectivity index (χ1n) is 8.84. The fourth-order valence-electron chi connectivity index (χ4n) is 2.78.